The fraction of sp³-hybridized carbons (Fsp3) is 0.320. The van der Waals surface area contributed by atoms with E-state index < -0.39 is 0 Å². The SMILES string of the molecule is COc1cc2c(cc1OCC1CCN(C)CC1)ncc1c(N)nc(-c3ccncc3)cc12. The standard InChI is InChI=1S/C25H27N5O2/c1-30-9-5-16(6-10-30)15-32-24-13-22-19(12-23(24)31-2)18-11-21(17-3-7-27-8-4-17)29-25(26)20(18)14-28-22/h3-4,7-8,11-14,16H,5-6,9-10,15H2,1-2H3,(H2,26,29). The Bertz CT molecular complexity index is 1250. The van der Waals surface area contributed by atoms with E-state index in [2.05, 4.69) is 26.9 Å². The molecule has 0 saturated carbocycles. The van der Waals surface area contributed by atoms with Crippen molar-refractivity contribution in [2.75, 3.05) is 39.6 Å². The Kier molecular flexibility index (Phi) is 5.49. The minimum Gasteiger partial charge on any atom is -0.493 e. The van der Waals surface area contributed by atoms with Gasteiger partial charge in [-0.1, -0.05) is 0 Å². The van der Waals surface area contributed by atoms with Gasteiger partial charge in [-0.25, -0.2) is 4.98 Å². The first kappa shape index (κ1) is 20.5. The Labute approximate surface area is 187 Å². The maximum atomic E-state index is 6.30. The quantitative estimate of drug-likeness (QED) is 0.477. The van der Waals surface area contributed by atoms with Gasteiger partial charge in [0.1, 0.15) is 5.82 Å². The molecule has 0 amide bonds. The van der Waals surface area contributed by atoms with Crippen LogP contribution in [0, 0.1) is 5.92 Å². The van der Waals surface area contributed by atoms with Gasteiger partial charge < -0.3 is 20.1 Å². The number of fused-ring (bicyclic) bond motifs is 3. The smallest absolute Gasteiger partial charge is 0.163 e. The summed E-state index contributed by atoms with van der Waals surface area (Å²) in [6.07, 6.45) is 7.58. The Balaban J connectivity index is 1.54. The normalized spacial score (nSPS) is 15.3. The van der Waals surface area contributed by atoms with Crippen LogP contribution in [-0.4, -0.2) is 53.7 Å². The molecule has 7 nitrogen and oxygen atoms in total. The highest BCUT2D eigenvalue weighted by atomic mass is 16.5. The number of nitrogen functional groups attached to an aromatic ring is 1. The number of nitrogens with zero attached hydrogens (tertiary/aromatic N) is 4. The van der Waals surface area contributed by atoms with E-state index in [0.29, 0.717) is 24.1 Å². The monoisotopic (exact) mass is 429 g/mol. The highest BCUT2D eigenvalue weighted by Gasteiger charge is 2.19. The van der Waals surface area contributed by atoms with E-state index in [1.165, 1.54) is 0 Å². The van der Waals surface area contributed by atoms with E-state index in [9.17, 15) is 0 Å². The van der Waals surface area contributed by atoms with Crippen LogP contribution in [0.5, 0.6) is 11.5 Å². The molecule has 0 bridgehead atoms. The second kappa shape index (κ2) is 8.59. The van der Waals surface area contributed by atoms with Gasteiger partial charge in [0.2, 0.25) is 0 Å². The predicted octanol–water partition coefficient (Wildman–Crippen LogP) is 4.16. The maximum absolute atomic E-state index is 6.30. The molecule has 0 atom stereocenters. The molecular formula is C25H27N5O2. The van der Waals surface area contributed by atoms with Gasteiger partial charge in [-0.05, 0) is 68.5 Å². The minimum absolute atomic E-state index is 0.449. The first-order chi connectivity index (χ1) is 15.6. The number of benzene rings is 1. The number of hydrogen-bond acceptors (Lipinski definition) is 7. The van der Waals surface area contributed by atoms with Gasteiger partial charge in [0, 0.05) is 41.0 Å². The summed E-state index contributed by atoms with van der Waals surface area (Å²) < 4.78 is 11.9. The lowest BCUT2D eigenvalue weighted by Crippen LogP contribution is -2.32. The molecule has 5 rings (SSSR count). The van der Waals surface area contributed by atoms with Crippen molar-refractivity contribution in [1.29, 1.82) is 0 Å². The van der Waals surface area contributed by atoms with Crippen molar-refractivity contribution in [3.05, 3.63) is 48.9 Å². The van der Waals surface area contributed by atoms with Crippen molar-refractivity contribution in [2.45, 2.75) is 12.8 Å². The number of hydrogen-bond donors (Lipinski definition) is 1. The van der Waals surface area contributed by atoms with Crippen LogP contribution in [-0.2, 0) is 0 Å². The number of nitrogens with two attached hydrogens (primary N) is 1. The fourth-order valence-electron chi connectivity index (χ4n) is 4.32. The highest BCUT2D eigenvalue weighted by Crippen LogP contribution is 2.37. The number of piperidine rings is 1. The molecule has 0 spiro atoms. The average molecular weight is 430 g/mol. The molecule has 32 heavy (non-hydrogen) atoms. The zero-order valence-electron chi connectivity index (χ0n) is 18.4. The van der Waals surface area contributed by atoms with Gasteiger partial charge in [-0.2, -0.15) is 0 Å². The largest absolute Gasteiger partial charge is 0.493 e. The molecule has 7 heteroatoms. The summed E-state index contributed by atoms with van der Waals surface area (Å²) in [7, 11) is 3.84. The molecule has 1 aliphatic rings. The van der Waals surface area contributed by atoms with Gasteiger partial charge in [-0.15, -0.1) is 0 Å². The fourth-order valence-corrected chi connectivity index (χ4v) is 4.32. The van der Waals surface area contributed by atoms with Crippen molar-refractivity contribution in [2.24, 2.45) is 5.92 Å². The number of ether oxygens (including phenoxy) is 2. The van der Waals surface area contributed by atoms with E-state index in [0.717, 1.165) is 64.6 Å². The molecule has 4 aromatic rings. The molecule has 0 radical (unpaired) electrons. The number of anilines is 1. The van der Waals surface area contributed by atoms with Gasteiger partial charge in [0.15, 0.2) is 11.5 Å². The van der Waals surface area contributed by atoms with Gasteiger partial charge in [-0.3, -0.25) is 9.97 Å². The van der Waals surface area contributed by atoms with Crippen molar-refractivity contribution in [3.63, 3.8) is 0 Å². The van der Waals surface area contributed by atoms with Gasteiger partial charge in [0.05, 0.1) is 24.9 Å². The van der Waals surface area contributed by atoms with Crippen LogP contribution in [0.15, 0.2) is 48.9 Å². The van der Waals surface area contributed by atoms with Crippen LogP contribution in [0.2, 0.25) is 0 Å². The van der Waals surface area contributed by atoms with Crippen LogP contribution in [0.25, 0.3) is 32.9 Å². The molecule has 1 saturated heterocycles. The Morgan fingerprint density at radius 3 is 2.56 bits per heavy atom. The summed E-state index contributed by atoms with van der Waals surface area (Å²) in [6.45, 7) is 2.92. The zero-order chi connectivity index (χ0) is 22.1. The molecule has 0 aliphatic carbocycles. The molecule has 3 aromatic heterocycles. The van der Waals surface area contributed by atoms with Gasteiger partial charge >= 0.3 is 0 Å². The lowest BCUT2D eigenvalue weighted by molar-refractivity contribution is 0.157. The number of rotatable bonds is 5. The van der Waals surface area contributed by atoms with Crippen LogP contribution in [0.1, 0.15) is 12.8 Å². The first-order valence-electron chi connectivity index (χ1n) is 10.9. The average Bonchev–Trinajstić information content (AvgIpc) is 2.83. The summed E-state index contributed by atoms with van der Waals surface area (Å²) in [6, 6.07) is 9.85. The third-order valence-electron chi connectivity index (χ3n) is 6.28. The number of methoxy groups -OCH3 is 1. The topological polar surface area (TPSA) is 86.4 Å². The summed E-state index contributed by atoms with van der Waals surface area (Å²) >= 11 is 0. The number of pyridine rings is 3. The molecule has 4 heterocycles. The van der Waals surface area contributed by atoms with Crippen molar-refractivity contribution in [3.8, 4) is 22.8 Å². The molecule has 1 fully saturated rings. The molecule has 164 valence electrons. The molecule has 1 aliphatic heterocycles. The van der Waals surface area contributed by atoms with Gasteiger partial charge in [0.25, 0.3) is 0 Å². The molecule has 0 unspecified atom stereocenters. The first-order valence-corrected chi connectivity index (χ1v) is 10.9. The third kappa shape index (κ3) is 3.91. The lowest BCUT2D eigenvalue weighted by atomic mass is 9.98. The van der Waals surface area contributed by atoms with E-state index in [-0.39, 0.29) is 0 Å². The maximum Gasteiger partial charge on any atom is 0.163 e. The summed E-state index contributed by atoms with van der Waals surface area (Å²) in [4.78, 5) is 15.7. The second-order valence-corrected chi connectivity index (χ2v) is 8.43. The summed E-state index contributed by atoms with van der Waals surface area (Å²) in [5.74, 6) is 2.43. The Morgan fingerprint density at radius 2 is 1.81 bits per heavy atom. The van der Waals surface area contributed by atoms with Crippen molar-refractivity contribution in [1.82, 2.24) is 19.9 Å². The third-order valence-corrected chi connectivity index (χ3v) is 6.28. The van der Waals surface area contributed by atoms with E-state index in [4.69, 9.17) is 15.2 Å². The lowest BCUT2D eigenvalue weighted by Gasteiger charge is -2.28. The minimum atomic E-state index is 0.449. The van der Waals surface area contributed by atoms with E-state index >= 15 is 0 Å². The summed E-state index contributed by atoms with van der Waals surface area (Å²) in [5.41, 5.74) is 8.90. The van der Waals surface area contributed by atoms with Crippen LogP contribution < -0.4 is 15.2 Å². The molecule has 1 aromatic carbocycles. The van der Waals surface area contributed by atoms with E-state index in [1.807, 2.05) is 30.3 Å². The number of aromatic nitrogens is 3. The number of likely N-dealkylation sites (tertiary alicyclic amines) is 1. The molecule has 2 N–H and O–H groups in total. The molecular weight excluding hydrogens is 402 g/mol. The Hall–Kier alpha value is -3.45. The van der Waals surface area contributed by atoms with Crippen molar-refractivity contribution >= 4 is 27.5 Å². The zero-order valence-corrected chi connectivity index (χ0v) is 18.4. The van der Waals surface area contributed by atoms with Crippen LogP contribution >= 0.6 is 0 Å². The van der Waals surface area contributed by atoms with Crippen LogP contribution in [0.4, 0.5) is 5.82 Å². The summed E-state index contributed by atoms with van der Waals surface area (Å²) in [5, 5.41) is 2.75. The second-order valence-electron chi connectivity index (χ2n) is 8.43. The van der Waals surface area contributed by atoms with Crippen LogP contribution in [0.3, 0.4) is 0 Å². The highest BCUT2D eigenvalue weighted by molar-refractivity contribution is 6.10. The predicted molar refractivity (Wildman–Crippen MR) is 127 cm³/mol. The Morgan fingerprint density at radius 1 is 1.03 bits per heavy atom. The van der Waals surface area contributed by atoms with Crippen molar-refractivity contribution < 1.29 is 9.47 Å². The van der Waals surface area contributed by atoms with E-state index in [1.54, 1.807) is 25.7 Å².